The molecule has 0 bridgehead atoms. The Bertz CT molecular complexity index is 423. The Balaban J connectivity index is 2.58. The summed E-state index contributed by atoms with van der Waals surface area (Å²) < 4.78 is 0. The Morgan fingerprint density at radius 2 is 1.95 bits per heavy atom. The molecule has 20 heavy (non-hydrogen) atoms. The zero-order valence-corrected chi connectivity index (χ0v) is 11.3. The number of carbonyl (C=O) groups excluding carboxylic acids is 1. The van der Waals surface area contributed by atoms with E-state index in [0.717, 1.165) is 5.56 Å². The Kier molecular flexibility index (Phi) is 7.13. The molecule has 6 heteroatoms. The number of aliphatic carboxylic acids is 1. The first-order valence-electron chi connectivity index (χ1n) is 6.64. The molecule has 1 aromatic carbocycles. The van der Waals surface area contributed by atoms with Crippen LogP contribution in [-0.2, 0) is 4.79 Å². The zero-order chi connectivity index (χ0) is 14.8. The highest BCUT2D eigenvalue weighted by Gasteiger charge is 2.15. The molecule has 6 nitrogen and oxygen atoms in total. The van der Waals surface area contributed by atoms with Gasteiger partial charge in [0.25, 0.3) is 0 Å². The molecule has 0 aromatic heterocycles. The molecule has 1 unspecified atom stereocenters. The van der Waals surface area contributed by atoms with Gasteiger partial charge < -0.3 is 21.5 Å². The van der Waals surface area contributed by atoms with Crippen LogP contribution < -0.4 is 16.4 Å². The molecular weight excluding hydrogens is 258 g/mol. The van der Waals surface area contributed by atoms with E-state index in [1.54, 1.807) is 0 Å². The van der Waals surface area contributed by atoms with E-state index >= 15 is 0 Å². The minimum atomic E-state index is -0.878. The number of hydrogen-bond acceptors (Lipinski definition) is 3. The molecule has 1 aromatic rings. The maximum atomic E-state index is 11.7. The third-order valence-electron chi connectivity index (χ3n) is 2.82. The number of rotatable bonds is 8. The largest absolute Gasteiger partial charge is 0.481 e. The molecule has 5 N–H and O–H groups in total. The van der Waals surface area contributed by atoms with Crippen molar-refractivity contribution >= 4 is 12.0 Å². The molecule has 0 spiro atoms. The number of carboxylic acids is 1. The molecule has 2 amide bonds. The van der Waals surface area contributed by atoms with Crippen LogP contribution >= 0.6 is 0 Å². The van der Waals surface area contributed by atoms with Gasteiger partial charge in [-0.25, -0.2) is 4.79 Å². The van der Waals surface area contributed by atoms with Gasteiger partial charge in [-0.2, -0.15) is 0 Å². The van der Waals surface area contributed by atoms with Gasteiger partial charge in [0, 0.05) is 13.0 Å². The summed E-state index contributed by atoms with van der Waals surface area (Å²) in [4.78, 5) is 22.4. The highest BCUT2D eigenvalue weighted by atomic mass is 16.4. The van der Waals surface area contributed by atoms with Crippen LogP contribution in [0.1, 0.15) is 30.9 Å². The molecule has 0 aliphatic heterocycles. The lowest BCUT2D eigenvalue weighted by atomic mass is 10.0. The van der Waals surface area contributed by atoms with Gasteiger partial charge in [0.15, 0.2) is 0 Å². The van der Waals surface area contributed by atoms with E-state index in [4.69, 9.17) is 10.8 Å². The van der Waals surface area contributed by atoms with Crippen LogP contribution in [0.15, 0.2) is 30.3 Å². The summed E-state index contributed by atoms with van der Waals surface area (Å²) in [5, 5.41) is 14.3. The van der Waals surface area contributed by atoms with Gasteiger partial charge in [0.05, 0.1) is 6.04 Å². The number of amides is 2. The third kappa shape index (κ3) is 6.19. The second-order valence-electron chi connectivity index (χ2n) is 4.44. The highest BCUT2D eigenvalue weighted by Crippen LogP contribution is 2.18. The van der Waals surface area contributed by atoms with E-state index < -0.39 is 5.97 Å². The second-order valence-corrected chi connectivity index (χ2v) is 4.44. The number of benzene rings is 1. The lowest BCUT2D eigenvalue weighted by Gasteiger charge is -2.19. The van der Waals surface area contributed by atoms with E-state index in [-0.39, 0.29) is 18.5 Å². The van der Waals surface area contributed by atoms with E-state index in [1.165, 1.54) is 0 Å². The van der Waals surface area contributed by atoms with Crippen molar-refractivity contribution < 1.29 is 14.7 Å². The van der Waals surface area contributed by atoms with Crippen molar-refractivity contribution in [2.75, 3.05) is 13.1 Å². The first kappa shape index (κ1) is 16.0. The average molecular weight is 279 g/mol. The minimum Gasteiger partial charge on any atom is -0.481 e. The summed E-state index contributed by atoms with van der Waals surface area (Å²) >= 11 is 0. The fourth-order valence-electron chi connectivity index (χ4n) is 1.79. The first-order valence-corrected chi connectivity index (χ1v) is 6.64. The van der Waals surface area contributed by atoms with Crippen molar-refractivity contribution in [3.63, 3.8) is 0 Å². The van der Waals surface area contributed by atoms with Crippen LogP contribution in [0.2, 0.25) is 0 Å². The summed E-state index contributed by atoms with van der Waals surface area (Å²) in [5.74, 6) is -0.878. The van der Waals surface area contributed by atoms with Crippen molar-refractivity contribution in [1.82, 2.24) is 10.6 Å². The number of carboxylic acid groups (broad SMARTS) is 1. The number of nitrogens with one attached hydrogen (secondary N) is 2. The molecule has 0 aliphatic carbocycles. The maximum Gasteiger partial charge on any atom is 0.315 e. The molecule has 1 atom stereocenters. The smallest absolute Gasteiger partial charge is 0.315 e. The quantitative estimate of drug-likeness (QED) is 0.537. The standard InChI is InChI=1S/C14H21N3O3/c15-9-4-10-16-14(20)17-12(7-8-13(18)19)11-5-2-1-3-6-11/h1-3,5-6,12H,4,7-10,15H2,(H,18,19)(H2,16,17,20). The van der Waals surface area contributed by atoms with Gasteiger partial charge in [0.2, 0.25) is 0 Å². The predicted octanol–water partition coefficient (Wildman–Crippen LogP) is 1.24. The molecule has 0 saturated heterocycles. The molecule has 0 radical (unpaired) electrons. The van der Waals surface area contributed by atoms with Gasteiger partial charge in [-0.15, -0.1) is 0 Å². The Morgan fingerprint density at radius 1 is 1.25 bits per heavy atom. The highest BCUT2D eigenvalue weighted by molar-refractivity contribution is 5.74. The van der Waals surface area contributed by atoms with Crippen LogP contribution in [0.4, 0.5) is 4.79 Å². The maximum absolute atomic E-state index is 11.7. The monoisotopic (exact) mass is 279 g/mol. The van der Waals surface area contributed by atoms with Crippen molar-refractivity contribution in [1.29, 1.82) is 0 Å². The summed E-state index contributed by atoms with van der Waals surface area (Å²) in [6.07, 6.45) is 1.06. The molecule has 1 rings (SSSR count). The van der Waals surface area contributed by atoms with Crippen LogP contribution in [0.25, 0.3) is 0 Å². The second kappa shape index (κ2) is 8.92. The topological polar surface area (TPSA) is 104 Å². The molecule has 0 saturated carbocycles. The van der Waals surface area contributed by atoms with Gasteiger partial charge in [0.1, 0.15) is 0 Å². The lowest BCUT2D eigenvalue weighted by Crippen LogP contribution is -2.39. The van der Waals surface area contributed by atoms with Crippen molar-refractivity contribution in [3.05, 3.63) is 35.9 Å². The van der Waals surface area contributed by atoms with Crippen molar-refractivity contribution in [2.24, 2.45) is 5.73 Å². The minimum absolute atomic E-state index is 0.00262. The van der Waals surface area contributed by atoms with Crippen LogP contribution in [0.5, 0.6) is 0 Å². The zero-order valence-electron chi connectivity index (χ0n) is 11.3. The molecule has 0 fully saturated rings. The van der Waals surface area contributed by atoms with Gasteiger partial charge in [-0.3, -0.25) is 4.79 Å². The van der Waals surface area contributed by atoms with Crippen molar-refractivity contribution in [2.45, 2.75) is 25.3 Å². The molecular formula is C14H21N3O3. The number of nitrogens with two attached hydrogens (primary N) is 1. The fourth-order valence-corrected chi connectivity index (χ4v) is 1.79. The molecule has 0 heterocycles. The van der Waals surface area contributed by atoms with Gasteiger partial charge >= 0.3 is 12.0 Å². The molecule has 0 aliphatic rings. The average Bonchev–Trinajstić information content (AvgIpc) is 2.44. The summed E-state index contributed by atoms with van der Waals surface area (Å²) in [6.45, 7) is 1.02. The summed E-state index contributed by atoms with van der Waals surface area (Å²) in [6, 6.07) is 8.70. The third-order valence-corrected chi connectivity index (χ3v) is 2.82. The van der Waals surface area contributed by atoms with E-state index in [9.17, 15) is 9.59 Å². The Morgan fingerprint density at radius 3 is 2.55 bits per heavy atom. The number of carbonyl (C=O) groups is 2. The number of urea groups is 1. The Hall–Kier alpha value is -2.08. The summed E-state index contributed by atoms with van der Waals surface area (Å²) in [5.41, 5.74) is 6.24. The normalized spacial score (nSPS) is 11.7. The van der Waals surface area contributed by atoms with E-state index in [1.807, 2.05) is 30.3 Å². The van der Waals surface area contributed by atoms with E-state index in [2.05, 4.69) is 10.6 Å². The Labute approximate surface area is 118 Å². The summed E-state index contributed by atoms with van der Waals surface area (Å²) in [7, 11) is 0. The fraction of sp³-hybridized carbons (Fsp3) is 0.429. The van der Waals surface area contributed by atoms with Gasteiger partial charge in [-0.05, 0) is 24.9 Å². The van der Waals surface area contributed by atoms with Crippen molar-refractivity contribution in [3.8, 4) is 0 Å². The lowest BCUT2D eigenvalue weighted by molar-refractivity contribution is -0.137. The SMILES string of the molecule is NCCCNC(=O)NC(CCC(=O)O)c1ccccc1. The van der Waals surface area contributed by atoms with Crippen LogP contribution in [0, 0.1) is 0 Å². The molecule has 110 valence electrons. The van der Waals surface area contributed by atoms with Crippen LogP contribution in [-0.4, -0.2) is 30.2 Å². The predicted molar refractivity (Wildman–Crippen MR) is 76.3 cm³/mol. The first-order chi connectivity index (χ1) is 9.63. The van der Waals surface area contributed by atoms with Crippen LogP contribution in [0.3, 0.4) is 0 Å². The number of hydrogen-bond donors (Lipinski definition) is 4. The van der Waals surface area contributed by atoms with E-state index in [0.29, 0.717) is 25.9 Å². The van der Waals surface area contributed by atoms with Gasteiger partial charge in [-0.1, -0.05) is 30.3 Å².